The minimum Gasteiger partial charge on any atom is -0.356 e. The lowest BCUT2D eigenvalue weighted by atomic mass is 10.1. The predicted octanol–water partition coefficient (Wildman–Crippen LogP) is 1.31. The van der Waals surface area contributed by atoms with Crippen molar-refractivity contribution in [3.63, 3.8) is 0 Å². The second-order valence-corrected chi connectivity index (χ2v) is 8.05. The van der Waals surface area contributed by atoms with Gasteiger partial charge in [-0.2, -0.15) is 0 Å². The third-order valence-electron chi connectivity index (χ3n) is 4.49. The molecule has 0 bridgehead atoms. The molecule has 24 heavy (non-hydrogen) atoms. The first-order chi connectivity index (χ1) is 11.5. The molecule has 7 heteroatoms. The van der Waals surface area contributed by atoms with E-state index in [9.17, 15) is 0 Å². The van der Waals surface area contributed by atoms with Crippen LogP contribution in [0.4, 0.5) is 0 Å². The van der Waals surface area contributed by atoms with E-state index < -0.39 is 0 Å². The fourth-order valence-electron chi connectivity index (χ4n) is 2.80. The predicted molar refractivity (Wildman–Crippen MR) is 103 cm³/mol. The van der Waals surface area contributed by atoms with Crippen LogP contribution in [0.1, 0.15) is 22.5 Å². The van der Waals surface area contributed by atoms with Crippen LogP contribution in [0.15, 0.2) is 4.99 Å². The molecule has 0 saturated carbocycles. The third kappa shape index (κ3) is 6.03. The summed E-state index contributed by atoms with van der Waals surface area (Å²) in [6.07, 6.45) is 0. The van der Waals surface area contributed by atoms with Gasteiger partial charge in [0, 0.05) is 51.2 Å². The Bertz CT molecular complexity index is 514. The Hall–Kier alpha value is -1.18. The third-order valence-corrected chi connectivity index (χ3v) is 5.56. The van der Waals surface area contributed by atoms with Crippen molar-refractivity contribution in [3.8, 4) is 0 Å². The van der Waals surface area contributed by atoms with Crippen LogP contribution in [0.25, 0.3) is 0 Å². The van der Waals surface area contributed by atoms with Gasteiger partial charge in [0.15, 0.2) is 5.96 Å². The number of hydrogen-bond acceptors (Lipinski definition) is 5. The zero-order valence-electron chi connectivity index (χ0n) is 15.7. The van der Waals surface area contributed by atoms with E-state index in [4.69, 9.17) is 0 Å². The Labute approximate surface area is 150 Å². The van der Waals surface area contributed by atoms with Crippen molar-refractivity contribution in [3.05, 3.63) is 15.6 Å². The van der Waals surface area contributed by atoms with Gasteiger partial charge in [-0.25, -0.2) is 4.98 Å². The van der Waals surface area contributed by atoms with Gasteiger partial charge in [0.2, 0.25) is 0 Å². The van der Waals surface area contributed by atoms with Gasteiger partial charge in [0.25, 0.3) is 0 Å². The summed E-state index contributed by atoms with van der Waals surface area (Å²) in [5.41, 5.74) is 1.13. The minimum atomic E-state index is 0.594. The van der Waals surface area contributed by atoms with E-state index in [1.807, 2.05) is 7.05 Å². The first-order valence-electron chi connectivity index (χ1n) is 8.76. The molecular formula is C17H32N6S. The molecule has 6 nitrogen and oxygen atoms in total. The molecule has 2 rings (SSSR count). The summed E-state index contributed by atoms with van der Waals surface area (Å²) < 4.78 is 0. The SMILES string of the molecule is CN=C(NCc1nc(C)c(C)s1)NCC(C)CN1CCN(C)CC1. The van der Waals surface area contributed by atoms with E-state index in [2.05, 4.69) is 58.2 Å². The fraction of sp³-hybridized carbons (Fsp3) is 0.765. The average molecular weight is 353 g/mol. The van der Waals surface area contributed by atoms with Gasteiger partial charge >= 0.3 is 0 Å². The summed E-state index contributed by atoms with van der Waals surface area (Å²) in [4.78, 5) is 15.1. The van der Waals surface area contributed by atoms with Gasteiger partial charge in [0.05, 0.1) is 12.2 Å². The first-order valence-corrected chi connectivity index (χ1v) is 9.58. The number of nitrogens with zero attached hydrogens (tertiary/aromatic N) is 4. The van der Waals surface area contributed by atoms with E-state index in [-0.39, 0.29) is 0 Å². The summed E-state index contributed by atoms with van der Waals surface area (Å²) in [7, 11) is 4.02. The molecule has 0 spiro atoms. The molecule has 2 N–H and O–H groups in total. The standard InChI is InChI=1S/C17H32N6S/c1-13(12-23-8-6-22(5)7-9-23)10-19-17(18-4)20-11-16-21-14(2)15(3)24-16/h13H,6-12H2,1-5H3,(H2,18,19,20). The summed E-state index contributed by atoms with van der Waals surface area (Å²) in [5.74, 6) is 1.45. The van der Waals surface area contributed by atoms with Crippen LogP contribution in [0.5, 0.6) is 0 Å². The number of hydrogen-bond donors (Lipinski definition) is 2. The monoisotopic (exact) mass is 352 g/mol. The smallest absolute Gasteiger partial charge is 0.191 e. The Morgan fingerprint density at radius 2 is 1.96 bits per heavy atom. The Morgan fingerprint density at radius 3 is 2.54 bits per heavy atom. The molecule has 0 amide bonds. The summed E-state index contributed by atoms with van der Waals surface area (Å²) >= 11 is 1.75. The van der Waals surface area contributed by atoms with Crippen LogP contribution in [-0.4, -0.2) is 74.1 Å². The van der Waals surface area contributed by atoms with Crippen molar-refractivity contribution in [1.82, 2.24) is 25.4 Å². The van der Waals surface area contributed by atoms with Crippen LogP contribution in [-0.2, 0) is 6.54 Å². The van der Waals surface area contributed by atoms with Crippen LogP contribution < -0.4 is 10.6 Å². The highest BCUT2D eigenvalue weighted by Gasteiger charge is 2.16. The molecule has 2 heterocycles. The van der Waals surface area contributed by atoms with Gasteiger partial charge in [-0.1, -0.05) is 6.92 Å². The highest BCUT2D eigenvalue weighted by Crippen LogP contribution is 2.15. The fourth-order valence-corrected chi connectivity index (χ4v) is 3.68. The van der Waals surface area contributed by atoms with Crippen molar-refractivity contribution in [1.29, 1.82) is 0 Å². The van der Waals surface area contributed by atoms with Crippen LogP contribution in [0.3, 0.4) is 0 Å². The second kappa shape index (κ2) is 9.34. The van der Waals surface area contributed by atoms with Gasteiger partial charge in [-0.05, 0) is 26.8 Å². The van der Waals surface area contributed by atoms with E-state index >= 15 is 0 Å². The van der Waals surface area contributed by atoms with Crippen molar-refractivity contribution in [2.75, 3.05) is 53.4 Å². The highest BCUT2D eigenvalue weighted by atomic mass is 32.1. The van der Waals surface area contributed by atoms with Crippen LogP contribution in [0.2, 0.25) is 0 Å². The largest absolute Gasteiger partial charge is 0.356 e. The number of aliphatic imine (C=N–C) groups is 1. The molecule has 136 valence electrons. The number of guanidine groups is 1. The summed E-state index contributed by atoms with van der Waals surface area (Å²) in [5, 5.41) is 7.91. The number of aryl methyl sites for hydroxylation is 2. The van der Waals surface area contributed by atoms with E-state index in [0.717, 1.165) is 36.3 Å². The molecule has 1 aromatic heterocycles. The van der Waals surface area contributed by atoms with Gasteiger partial charge in [-0.15, -0.1) is 11.3 Å². The normalized spacial score (nSPS) is 18.6. The summed E-state index contributed by atoms with van der Waals surface area (Å²) in [6.45, 7) is 14.0. The lowest BCUT2D eigenvalue weighted by Gasteiger charge is -2.34. The lowest BCUT2D eigenvalue weighted by Crippen LogP contribution is -2.47. The Balaban J connectivity index is 1.68. The van der Waals surface area contributed by atoms with Crippen molar-refractivity contribution < 1.29 is 0 Å². The second-order valence-electron chi connectivity index (χ2n) is 6.76. The summed E-state index contributed by atoms with van der Waals surface area (Å²) in [6, 6.07) is 0. The maximum absolute atomic E-state index is 4.56. The van der Waals surface area contributed by atoms with Crippen molar-refractivity contribution in [2.45, 2.75) is 27.3 Å². The number of piperazine rings is 1. The zero-order chi connectivity index (χ0) is 17.5. The number of rotatable bonds is 6. The van der Waals surface area contributed by atoms with Crippen LogP contribution in [0, 0.1) is 19.8 Å². The number of thiazole rings is 1. The Morgan fingerprint density at radius 1 is 1.25 bits per heavy atom. The van der Waals surface area contributed by atoms with E-state index in [1.165, 1.54) is 31.1 Å². The molecule has 1 aliphatic heterocycles. The topological polar surface area (TPSA) is 55.8 Å². The molecule has 1 aliphatic rings. The first kappa shape index (κ1) is 19.1. The number of aromatic nitrogens is 1. The Kier molecular flexibility index (Phi) is 7.45. The van der Waals surface area contributed by atoms with Crippen molar-refractivity contribution in [2.24, 2.45) is 10.9 Å². The van der Waals surface area contributed by atoms with Gasteiger partial charge in [-0.3, -0.25) is 4.99 Å². The lowest BCUT2D eigenvalue weighted by molar-refractivity contribution is 0.139. The number of nitrogens with one attached hydrogen (secondary N) is 2. The molecule has 0 radical (unpaired) electrons. The maximum atomic E-state index is 4.56. The molecule has 1 fully saturated rings. The van der Waals surface area contributed by atoms with Gasteiger partial charge in [0.1, 0.15) is 5.01 Å². The quantitative estimate of drug-likeness (QED) is 0.597. The van der Waals surface area contributed by atoms with E-state index in [0.29, 0.717) is 5.92 Å². The molecule has 1 unspecified atom stereocenters. The number of likely N-dealkylation sites (N-methyl/N-ethyl adjacent to an activating group) is 1. The molecule has 0 aliphatic carbocycles. The molecule has 1 atom stereocenters. The highest BCUT2D eigenvalue weighted by molar-refractivity contribution is 7.11. The maximum Gasteiger partial charge on any atom is 0.191 e. The minimum absolute atomic E-state index is 0.594. The van der Waals surface area contributed by atoms with E-state index in [1.54, 1.807) is 11.3 Å². The molecule has 0 aromatic carbocycles. The molecule has 1 saturated heterocycles. The zero-order valence-corrected chi connectivity index (χ0v) is 16.5. The van der Waals surface area contributed by atoms with Gasteiger partial charge < -0.3 is 20.4 Å². The van der Waals surface area contributed by atoms with Crippen molar-refractivity contribution >= 4 is 17.3 Å². The molecular weight excluding hydrogens is 320 g/mol. The average Bonchev–Trinajstić information content (AvgIpc) is 2.88. The molecule has 1 aromatic rings. The van der Waals surface area contributed by atoms with Crippen LogP contribution >= 0.6 is 11.3 Å².